The van der Waals surface area contributed by atoms with E-state index in [1.54, 1.807) is 18.2 Å². The molecule has 0 amide bonds. The van der Waals surface area contributed by atoms with E-state index in [4.69, 9.17) is 22.0 Å². The minimum absolute atomic E-state index is 0.0348. The van der Waals surface area contributed by atoms with Crippen molar-refractivity contribution in [3.05, 3.63) is 28.8 Å². The van der Waals surface area contributed by atoms with Crippen molar-refractivity contribution >= 4 is 23.3 Å². The van der Waals surface area contributed by atoms with Gasteiger partial charge in [0.1, 0.15) is 12.6 Å². The Hall–Kier alpha value is -1.73. The van der Waals surface area contributed by atoms with Crippen LogP contribution in [0.15, 0.2) is 18.2 Å². The van der Waals surface area contributed by atoms with Gasteiger partial charge in [-0.2, -0.15) is 5.26 Å². The molecule has 1 saturated carbocycles. The molecular formula is C12H11ClN2O2. The van der Waals surface area contributed by atoms with Crippen LogP contribution >= 0.6 is 11.6 Å². The molecule has 1 aliphatic rings. The van der Waals surface area contributed by atoms with Crippen molar-refractivity contribution in [2.45, 2.75) is 18.9 Å². The molecule has 1 aromatic carbocycles. The van der Waals surface area contributed by atoms with E-state index in [0.29, 0.717) is 10.6 Å². The molecule has 2 rings (SSSR count). The van der Waals surface area contributed by atoms with Crippen LogP contribution in [0.3, 0.4) is 0 Å². The molecule has 4 nitrogen and oxygen atoms in total. The summed E-state index contributed by atoms with van der Waals surface area (Å²) in [5, 5.41) is 18.0. The first-order valence-corrected chi connectivity index (χ1v) is 5.67. The first-order valence-electron chi connectivity index (χ1n) is 5.30. The number of nitriles is 1. The second-order valence-electron chi connectivity index (χ2n) is 4.03. The van der Waals surface area contributed by atoms with Gasteiger partial charge < -0.3 is 10.0 Å². The van der Waals surface area contributed by atoms with Crippen LogP contribution < -0.4 is 4.90 Å². The summed E-state index contributed by atoms with van der Waals surface area (Å²) in [6, 6.07) is 7.28. The van der Waals surface area contributed by atoms with Gasteiger partial charge in [-0.15, -0.1) is 0 Å². The number of carboxylic acid groups (broad SMARTS) is 1. The van der Waals surface area contributed by atoms with Gasteiger partial charge in [-0.25, -0.2) is 0 Å². The summed E-state index contributed by atoms with van der Waals surface area (Å²) >= 11 is 5.94. The summed E-state index contributed by atoms with van der Waals surface area (Å²) in [7, 11) is 0. The van der Waals surface area contributed by atoms with Crippen molar-refractivity contribution in [3.63, 3.8) is 0 Å². The molecule has 0 radical (unpaired) electrons. The maximum absolute atomic E-state index is 10.8. The van der Waals surface area contributed by atoms with E-state index in [9.17, 15) is 4.79 Å². The zero-order valence-electron chi connectivity index (χ0n) is 9.06. The number of carboxylic acids is 1. The van der Waals surface area contributed by atoms with E-state index in [-0.39, 0.29) is 12.6 Å². The van der Waals surface area contributed by atoms with Crippen molar-refractivity contribution < 1.29 is 9.90 Å². The summed E-state index contributed by atoms with van der Waals surface area (Å²) in [4.78, 5) is 12.6. The first-order chi connectivity index (χ1) is 8.11. The number of aliphatic carboxylic acids is 1. The standard InChI is InChI=1S/C12H11ClN2O2/c13-11-5-10(2-1-8(11)6-14)15(7-12(16)17)9-3-4-9/h1-2,5,9H,3-4,7H2,(H,16,17). The summed E-state index contributed by atoms with van der Waals surface area (Å²) in [5.74, 6) is -0.864. The number of hydrogen-bond acceptors (Lipinski definition) is 3. The van der Waals surface area contributed by atoms with E-state index in [2.05, 4.69) is 0 Å². The largest absolute Gasteiger partial charge is 0.480 e. The van der Waals surface area contributed by atoms with E-state index in [1.165, 1.54) is 0 Å². The van der Waals surface area contributed by atoms with Crippen LogP contribution in [-0.2, 0) is 4.79 Å². The second kappa shape index (κ2) is 4.64. The number of benzene rings is 1. The first kappa shape index (κ1) is 11.7. The lowest BCUT2D eigenvalue weighted by Crippen LogP contribution is -2.31. The van der Waals surface area contributed by atoms with Crippen molar-refractivity contribution in [1.29, 1.82) is 5.26 Å². The lowest BCUT2D eigenvalue weighted by molar-refractivity contribution is -0.135. The zero-order chi connectivity index (χ0) is 12.4. The fraction of sp³-hybridized carbons (Fsp3) is 0.333. The molecule has 1 aromatic rings. The molecule has 0 bridgehead atoms. The number of carbonyl (C=O) groups is 1. The van der Waals surface area contributed by atoms with Crippen LogP contribution in [-0.4, -0.2) is 23.7 Å². The Morgan fingerprint density at radius 2 is 2.29 bits per heavy atom. The Kier molecular flexibility index (Phi) is 3.21. The van der Waals surface area contributed by atoms with Gasteiger partial charge in [0.2, 0.25) is 0 Å². The summed E-state index contributed by atoms with van der Waals surface area (Å²) < 4.78 is 0. The number of hydrogen-bond donors (Lipinski definition) is 1. The average Bonchev–Trinajstić information content (AvgIpc) is 3.09. The van der Waals surface area contributed by atoms with E-state index < -0.39 is 5.97 Å². The lowest BCUT2D eigenvalue weighted by Gasteiger charge is -2.22. The predicted octanol–water partition coefficient (Wildman–Crippen LogP) is 2.27. The quantitative estimate of drug-likeness (QED) is 0.890. The van der Waals surface area contributed by atoms with Gasteiger partial charge in [-0.1, -0.05) is 11.6 Å². The van der Waals surface area contributed by atoms with Crippen LogP contribution in [0.25, 0.3) is 0 Å². The highest BCUT2D eigenvalue weighted by atomic mass is 35.5. The van der Waals surface area contributed by atoms with Gasteiger partial charge in [0, 0.05) is 11.7 Å². The number of anilines is 1. The van der Waals surface area contributed by atoms with E-state index in [0.717, 1.165) is 18.5 Å². The predicted molar refractivity (Wildman–Crippen MR) is 64.2 cm³/mol. The van der Waals surface area contributed by atoms with Crippen LogP contribution in [0.5, 0.6) is 0 Å². The van der Waals surface area contributed by atoms with Crippen LogP contribution in [0.4, 0.5) is 5.69 Å². The summed E-state index contributed by atoms with van der Waals surface area (Å²) in [6.45, 7) is -0.0348. The van der Waals surface area contributed by atoms with Gasteiger partial charge in [-0.3, -0.25) is 4.79 Å². The SMILES string of the molecule is N#Cc1ccc(N(CC(=O)O)C2CC2)cc1Cl. The smallest absolute Gasteiger partial charge is 0.323 e. The molecule has 17 heavy (non-hydrogen) atoms. The fourth-order valence-electron chi connectivity index (χ4n) is 1.74. The third kappa shape index (κ3) is 2.69. The molecule has 0 spiro atoms. The normalized spacial score (nSPS) is 14.1. The van der Waals surface area contributed by atoms with Crippen molar-refractivity contribution in [2.24, 2.45) is 0 Å². The Morgan fingerprint density at radius 1 is 1.59 bits per heavy atom. The molecule has 1 fully saturated rings. The van der Waals surface area contributed by atoms with Crippen LogP contribution in [0.2, 0.25) is 5.02 Å². The molecule has 0 unspecified atom stereocenters. The average molecular weight is 251 g/mol. The minimum Gasteiger partial charge on any atom is -0.480 e. The topological polar surface area (TPSA) is 64.3 Å². The van der Waals surface area contributed by atoms with E-state index >= 15 is 0 Å². The van der Waals surface area contributed by atoms with Gasteiger partial charge in [0.05, 0.1) is 10.6 Å². The third-order valence-electron chi connectivity index (χ3n) is 2.70. The van der Waals surface area contributed by atoms with Crippen molar-refractivity contribution in [3.8, 4) is 6.07 Å². The number of rotatable bonds is 4. The highest BCUT2D eigenvalue weighted by Crippen LogP contribution is 2.33. The van der Waals surface area contributed by atoms with Gasteiger partial charge >= 0.3 is 5.97 Å². The van der Waals surface area contributed by atoms with Crippen LogP contribution in [0, 0.1) is 11.3 Å². The highest BCUT2D eigenvalue weighted by molar-refractivity contribution is 6.32. The molecule has 5 heteroatoms. The van der Waals surface area contributed by atoms with Crippen LogP contribution in [0.1, 0.15) is 18.4 Å². The second-order valence-corrected chi connectivity index (χ2v) is 4.44. The maximum atomic E-state index is 10.8. The van der Waals surface area contributed by atoms with E-state index in [1.807, 2.05) is 11.0 Å². The maximum Gasteiger partial charge on any atom is 0.323 e. The lowest BCUT2D eigenvalue weighted by atomic mass is 10.2. The molecule has 0 aromatic heterocycles. The van der Waals surface area contributed by atoms with Gasteiger partial charge in [0.25, 0.3) is 0 Å². The molecule has 0 saturated heterocycles. The van der Waals surface area contributed by atoms with Crippen molar-refractivity contribution in [1.82, 2.24) is 0 Å². The Labute approximate surface area is 104 Å². The molecular weight excluding hydrogens is 240 g/mol. The molecule has 88 valence electrons. The Balaban J connectivity index is 2.27. The zero-order valence-corrected chi connectivity index (χ0v) is 9.81. The molecule has 0 atom stereocenters. The Morgan fingerprint density at radius 3 is 2.76 bits per heavy atom. The van der Waals surface area contributed by atoms with Gasteiger partial charge in [-0.05, 0) is 31.0 Å². The molecule has 0 aliphatic heterocycles. The molecule has 0 heterocycles. The summed E-state index contributed by atoms with van der Waals surface area (Å²) in [5.41, 5.74) is 1.17. The van der Waals surface area contributed by atoms with Crippen molar-refractivity contribution in [2.75, 3.05) is 11.4 Å². The fourth-order valence-corrected chi connectivity index (χ4v) is 1.95. The monoisotopic (exact) mass is 250 g/mol. The minimum atomic E-state index is -0.864. The summed E-state index contributed by atoms with van der Waals surface area (Å²) in [6.07, 6.45) is 2.01. The highest BCUT2D eigenvalue weighted by Gasteiger charge is 2.30. The van der Waals surface area contributed by atoms with Gasteiger partial charge in [0.15, 0.2) is 0 Å². The number of halogens is 1. The Bertz CT molecular complexity index is 492. The third-order valence-corrected chi connectivity index (χ3v) is 3.01. The molecule has 1 N–H and O–H groups in total. The number of nitrogens with zero attached hydrogens (tertiary/aromatic N) is 2. The molecule has 1 aliphatic carbocycles.